The van der Waals surface area contributed by atoms with Crippen molar-refractivity contribution in [2.75, 3.05) is 5.32 Å². The Morgan fingerprint density at radius 3 is 2.68 bits per heavy atom. The molecule has 0 atom stereocenters. The summed E-state index contributed by atoms with van der Waals surface area (Å²) >= 11 is 0. The fourth-order valence-corrected chi connectivity index (χ4v) is 2.53. The van der Waals surface area contributed by atoms with Gasteiger partial charge in [-0.1, -0.05) is 32.0 Å². The van der Waals surface area contributed by atoms with Gasteiger partial charge in [0.1, 0.15) is 5.52 Å². The second-order valence-electron chi connectivity index (χ2n) is 5.27. The Hall–Kier alpha value is -2.49. The van der Waals surface area contributed by atoms with Gasteiger partial charge in [0.25, 0.3) is 0 Å². The van der Waals surface area contributed by atoms with Crippen LogP contribution in [-0.2, 0) is 19.4 Å². The number of aromatic nitrogens is 3. The number of nitrogens with one attached hydrogen (secondary N) is 1. The molecule has 4 heteroatoms. The lowest BCUT2D eigenvalue weighted by Crippen LogP contribution is -2.06. The van der Waals surface area contributed by atoms with Crippen LogP contribution in [0.2, 0.25) is 0 Å². The molecule has 0 aliphatic heterocycles. The van der Waals surface area contributed by atoms with Crippen LogP contribution in [0.1, 0.15) is 30.5 Å². The first kappa shape index (κ1) is 14.4. The number of fused-ring (bicyclic) bond motifs is 1. The highest BCUT2D eigenvalue weighted by Gasteiger charge is 2.04. The molecule has 3 aromatic rings. The first-order chi connectivity index (χ1) is 10.8. The molecule has 0 spiro atoms. The number of anilines is 1. The second-order valence-corrected chi connectivity index (χ2v) is 5.27. The predicted octanol–water partition coefficient (Wildman–Crippen LogP) is 3.76. The molecule has 0 amide bonds. The van der Waals surface area contributed by atoms with E-state index < -0.39 is 0 Å². The molecule has 4 nitrogen and oxygen atoms in total. The minimum Gasteiger partial charge on any atom is -0.350 e. The normalized spacial score (nSPS) is 10.8. The summed E-state index contributed by atoms with van der Waals surface area (Å²) in [5.41, 5.74) is 5.74. The molecule has 0 unspecified atom stereocenters. The van der Waals surface area contributed by atoms with Gasteiger partial charge in [-0.2, -0.15) is 0 Å². The van der Waals surface area contributed by atoms with Crippen LogP contribution in [-0.4, -0.2) is 15.0 Å². The second kappa shape index (κ2) is 6.52. The Kier molecular flexibility index (Phi) is 4.28. The van der Waals surface area contributed by atoms with E-state index in [1.54, 1.807) is 12.4 Å². The standard InChI is InChI=1S/C18H20N4/c1-3-13-7-8-15(14(4-2)10-13)11-20-18-21-12-17-16(22-18)6-5-9-19-17/h5-10,12H,3-4,11H2,1-2H3,(H,20,21,22). The van der Waals surface area contributed by atoms with Crippen molar-refractivity contribution < 1.29 is 0 Å². The zero-order chi connectivity index (χ0) is 15.4. The molecule has 0 saturated heterocycles. The molecule has 0 aliphatic rings. The summed E-state index contributed by atoms with van der Waals surface area (Å²) in [4.78, 5) is 13.1. The molecule has 0 aliphatic carbocycles. The van der Waals surface area contributed by atoms with E-state index in [-0.39, 0.29) is 0 Å². The van der Waals surface area contributed by atoms with E-state index >= 15 is 0 Å². The largest absolute Gasteiger partial charge is 0.350 e. The number of pyridine rings is 1. The molecule has 0 fully saturated rings. The third-order valence-corrected chi connectivity index (χ3v) is 3.85. The van der Waals surface area contributed by atoms with Crippen molar-refractivity contribution in [3.05, 3.63) is 59.4 Å². The highest BCUT2D eigenvalue weighted by Crippen LogP contribution is 2.16. The van der Waals surface area contributed by atoms with Crippen molar-refractivity contribution in [2.24, 2.45) is 0 Å². The number of aryl methyl sites for hydroxylation is 2. The molecule has 3 rings (SSSR count). The summed E-state index contributed by atoms with van der Waals surface area (Å²) < 4.78 is 0. The zero-order valence-corrected chi connectivity index (χ0v) is 13.0. The summed E-state index contributed by atoms with van der Waals surface area (Å²) in [5, 5.41) is 3.32. The van der Waals surface area contributed by atoms with Crippen molar-refractivity contribution in [3.8, 4) is 0 Å². The summed E-state index contributed by atoms with van der Waals surface area (Å²) in [7, 11) is 0. The first-order valence-corrected chi connectivity index (χ1v) is 7.72. The Morgan fingerprint density at radius 2 is 1.86 bits per heavy atom. The maximum atomic E-state index is 4.49. The highest BCUT2D eigenvalue weighted by molar-refractivity contribution is 5.73. The van der Waals surface area contributed by atoms with Gasteiger partial charge in [0, 0.05) is 12.7 Å². The third kappa shape index (κ3) is 3.06. The molecule has 112 valence electrons. The fourth-order valence-electron chi connectivity index (χ4n) is 2.53. The monoisotopic (exact) mass is 292 g/mol. The van der Waals surface area contributed by atoms with Gasteiger partial charge in [0.15, 0.2) is 0 Å². The SMILES string of the molecule is CCc1ccc(CNc2ncc3ncccc3n2)c(CC)c1. The van der Waals surface area contributed by atoms with Crippen LogP contribution in [0.3, 0.4) is 0 Å². The number of benzene rings is 1. The Bertz CT molecular complexity index is 783. The maximum Gasteiger partial charge on any atom is 0.223 e. The predicted molar refractivity (Wildman–Crippen MR) is 89.9 cm³/mol. The fraction of sp³-hybridized carbons (Fsp3) is 0.278. The summed E-state index contributed by atoms with van der Waals surface area (Å²) in [5.74, 6) is 0.641. The zero-order valence-electron chi connectivity index (χ0n) is 13.0. The van der Waals surface area contributed by atoms with Gasteiger partial charge in [-0.15, -0.1) is 0 Å². The van der Waals surface area contributed by atoms with E-state index in [0.29, 0.717) is 5.95 Å². The van der Waals surface area contributed by atoms with Crippen molar-refractivity contribution in [3.63, 3.8) is 0 Å². The van der Waals surface area contributed by atoms with Crippen molar-refractivity contribution in [1.82, 2.24) is 15.0 Å². The van der Waals surface area contributed by atoms with E-state index in [0.717, 1.165) is 30.4 Å². The number of hydrogen-bond acceptors (Lipinski definition) is 4. The summed E-state index contributed by atoms with van der Waals surface area (Å²) in [6, 6.07) is 10.5. The molecule has 0 bridgehead atoms. The van der Waals surface area contributed by atoms with Crippen LogP contribution in [0.25, 0.3) is 11.0 Å². The Morgan fingerprint density at radius 1 is 0.955 bits per heavy atom. The Balaban J connectivity index is 1.78. The van der Waals surface area contributed by atoms with Gasteiger partial charge < -0.3 is 5.32 Å². The van der Waals surface area contributed by atoms with E-state index in [9.17, 15) is 0 Å². The lowest BCUT2D eigenvalue weighted by Gasteiger charge is -2.11. The highest BCUT2D eigenvalue weighted by atomic mass is 15.1. The Labute approximate surface area is 130 Å². The van der Waals surface area contributed by atoms with E-state index in [1.165, 1.54) is 16.7 Å². The quantitative estimate of drug-likeness (QED) is 0.778. The molecule has 1 N–H and O–H groups in total. The first-order valence-electron chi connectivity index (χ1n) is 7.72. The van der Waals surface area contributed by atoms with Crippen molar-refractivity contribution in [2.45, 2.75) is 33.2 Å². The van der Waals surface area contributed by atoms with Gasteiger partial charge >= 0.3 is 0 Å². The van der Waals surface area contributed by atoms with Crippen LogP contribution in [0.5, 0.6) is 0 Å². The third-order valence-electron chi connectivity index (χ3n) is 3.85. The van der Waals surface area contributed by atoms with Crippen molar-refractivity contribution >= 4 is 17.0 Å². The van der Waals surface area contributed by atoms with Gasteiger partial charge in [-0.25, -0.2) is 9.97 Å². The number of nitrogens with zero attached hydrogens (tertiary/aromatic N) is 3. The molecule has 22 heavy (non-hydrogen) atoms. The van der Waals surface area contributed by atoms with Crippen LogP contribution in [0.4, 0.5) is 5.95 Å². The van der Waals surface area contributed by atoms with Crippen LogP contribution >= 0.6 is 0 Å². The minimum atomic E-state index is 0.641. The van der Waals surface area contributed by atoms with E-state index in [1.807, 2.05) is 12.1 Å². The lowest BCUT2D eigenvalue weighted by molar-refractivity contribution is 1.00. The average Bonchev–Trinajstić information content (AvgIpc) is 2.59. The summed E-state index contributed by atoms with van der Waals surface area (Å²) in [6.45, 7) is 5.11. The molecular weight excluding hydrogens is 272 g/mol. The van der Waals surface area contributed by atoms with Gasteiger partial charge in [-0.05, 0) is 41.7 Å². The molecule has 2 heterocycles. The maximum absolute atomic E-state index is 4.49. The van der Waals surface area contributed by atoms with Crippen molar-refractivity contribution in [1.29, 1.82) is 0 Å². The van der Waals surface area contributed by atoms with Gasteiger partial charge in [0.2, 0.25) is 5.95 Å². The van der Waals surface area contributed by atoms with E-state index in [4.69, 9.17) is 0 Å². The lowest BCUT2D eigenvalue weighted by atomic mass is 10.0. The number of hydrogen-bond donors (Lipinski definition) is 1. The molecule has 1 aromatic carbocycles. The topological polar surface area (TPSA) is 50.7 Å². The van der Waals surface area contributed by atoms with Gasteiger partial charge in [-0.3, -0.25) is 4.98 Å². The minimum absolute atomic E-state index is 0.641. The number of rotatable bonds is 5. The molecule has 0 saturated carbocycles. The van der Waals surface area contributed by atoms with Gasteiger partial charge in [0.05, 0.1) is 11.7 Å². The average molecular weight is 292 g/mol. The van der Waals surface area contributed by atoms with Crippen LogP contribution in [0, 0.1) is 0 Å². The molecule has 0 radical (unpaired) electrons. The summed E-state index contributed by atoms with van der Waals surface area (Å²) in [6.07, 6.45) is 5.61. The van der Waals surface area contributed by atoms with Crippen LogP contribution < -0.4 is 5.32 Å². The smallest absolute Gasteiger partial charge is 0.223 e. The van der Waals surface area contributed by atoms with Crippen LogP contribution in [0.15, 0.2) is 42.7 Å². The molecule has 2 aromatic heterocycles. The van der Waals surface area contributed by atoms with E-state index in [2.05, 4.69) is 52.3 Å². The molecular formula is C18H20N4.